The van der Waals surface area contributed by atoms with Crippen LogP contribution in [0.5, 0.6) is 0 Å². The Morgan fingerprint density at radius 3 is 2.43 bits per heavy atom. The summed E-state index contributed by atoms with van der Waals surface area (Å²) in [6.45, 7) is 5.05. The summed E-state index contributed by atoms with van der Waals surface area (Å²) in [7, 11) is -3.57. The van der Waals surface area contributed by atoms with Gasteiger partial charge >= 0.3 is 0 Å². The number of piperidine rings is 1. The number of aromatic nitrogens is 3. The molecule has 0 bridgehead atoms. The van der Waals surface area contributed by atoms with E-state index in [1.807, 2.05) is 18.7 Å². The molecule has 30 heavy (non-hydrogen) atoms. The van der Waals surface area contributed by atoms with Crippen LogP contribution in [0.15, 0.2) is 29.2 Å². The maximum absolute atomic E-state index is 12.9. The lowest BCUT2D eigenvalue weighted by molar-refractivity contribution is 0.0711. The molecular formula is C21H29N5O3S. The van der Waals surface area contributed by atoms with Gasteiger partial charge in [-0.3, -0.25) is 9.89 Å². The highest BCUT2D eigenvalue weighted by Gasteiger charge is 2.31. The zero-order valence-corrected chi connectivity index (χ0v) is 18.3. The van der Waals surface area contributed by atoms with Crippen molar-refractivity contribution in [1.29, 1.82) is 0 Å². The number of carbonyl (C=O) groups is 1. The fourth-order valence-electron chi connectivity index (χ4n) is 3.73. The lowest BCUT2D eigenvalue weighted by Crippen LogP contribution is -2.38. The molecule has 1 atom stereocenters. The Morgan fingerprint density at radius 2 is 1.83 bits per heavy atom. The minimum absolute atomic E-state index is 0.0662. The molecule has 1 amide bonds. The van der Waals surface area contributed by atoms with E-state index in [1.54, 1.807) is 12.1 Å². The summed E-state index contributed by atoms with van der Waals surface area (Å²) >= 11 is 0. The molecule has 1 aliphatic carbocycles. The molecule has 2 heterocycles. The monoisotopic (exact) mass is 431 g/mol. The Balaban J connectivity index is 1.35. The lowest BCUT2D eigenvalue weighted by atomic mass is 9.95. The van der Waals surface area contributed by atoms with Gasteiger partial charge in [0.1, 0.15) is 5.82 Å². The highest BCUT2D eigenvalue weighted by atomic mass is 32.2. The van der Waals surface area contributed by atoms with Crippen molar-refractivity contribution >= 4 is 15.9 Å². The van der Waals surface area contributed by atoms with Crippen molar-refractivity contribution in [3.63, 3.8) is 0 Å². The number of nitrogens with zero attached hydrogens (tertiary/aromatic N) is 3. The van der Waals surface area contributed by atoms with Crippen LogP contribution in [-0.4, -0.2) is 53.5 Å². The van der Waals surface area contributed by atoms with E-state index in [0.29, 0.717) is 36.9 Å². The number of likely N-dealkylation sites (tertiary alicyclic amines) is 1. The molecule has 4 rings (SSSR count). The zero-order chi connectivity index (χ0) is 21.3. The van der Waals surface area contributed by atoms with Gasteiger partial charge in [0.25, 0.3) is 5.91 Å². The van der Waals surface area contributed by atoms with E-state index in [9.17, 15) is 13.2 Å². The summed E-state index contributed by atoms with van der Waals surface area (Å²) in [5.41, 5.74) is 0.506. The first-order valence-electron chi connectivity index (χ1n) is 10.7. The Bertz CT molecular complexity index is 990. The Morgan fingerprint density at radius 1 is 1.17 bits per heavy atom. The molecule has 2 N–H and O–H groups in total. The Hall–Kier alpha value is -2.26. The first-order valence-corrected chi connectivity index (χ1v) is 12.2. The van der Waals surface area contributed by atoms with Crippen LogP contribution in [0, 0.1) is 0 Å². The number of hydrogen-bond acceptors (Lipinski definition) is 5. The van der Waals surface area contributed by atoms with Gasteiger partial charge in [0.2, 0.25) is 10.0 Å². The molecule has 0 radical (unpaired) electrons. The van der Waals surface area contributed by atoms with Gasteiger partial charge < -0.3 is 4.90 Å². The third kappa shape index (κ3) is 4.57. The van der Waals surface area contributed by atoms with Gasteiger partial charge in [-0.05, 0) is 63.3 Å². The summed E-state index contributed by atoms with van der Waals surface area (Å²) in [5.74, 6) is 2.63. The molecule has 162 valence electrons. The summed E-state index contributed by atoms with van der Waals surface area (Å²) in [6, 6.07) is 6.05. The van der Waals surface area contributed by atoms with E-state index < -0.39 is 10.0 Å². The maximum atomic E-state index is 12.9. The number of rotatable bonds is 7. The van der Waals surface area contributed by atoms with Gasteiger partial charge in [-0.15, -0.1) is 0 Å². The first kappa shape index (κ1) is 21.0. The van der Waals surface area contributed by atoms with Crippen molar-refractivity contribution in [2.75, 3.05) is 13.1 Å². The minimum atomic E-state index is -3.57. The smallest absolute Gasteiger partial charge is 0.253 e. The predicted octanol–water partition coefficient (Wildman–Crippen LogP) is 2.78. The van der Waals surface area contributed by atoms with Crippen molar-refractivity contribution in [3.05, 3.63) is 41.5 Å². The van der Waals surface area contributed by atoms with Crippen LogP contribution in [-0.2, 0) is 10.0 Å². The summed E-state index contributed by atoms with van der Waals surface area (Å²) in [5, 5.41) is 7.42. The topological polar surface area (TPSA) is 108 Å². The van der Waals surface area contributed by atoms with Crippen LogP contribution in [0.2, 0.25) is 0 Å². The van der Waals surface area contributed by atoms with Crippen molar-refractivity contribution in [2.45, 2.75) is 68.7 Å². The van der Waals surface area contributed by atoms with E-state index in [2.05, 4.69) is 19.9 Å². The first-order chi connectivity index (χ1) is 14.4. The quantitative estimate of drug-likeness (QED) is 0.701. The molecule has 2 fully saturated rings. The maximum Gasteiger partial charge on any atom is 0.253 e. The Labute approximate surface area is 177 Å². The minimum Gasteiger partial charge on any atom is -0.339 e. The standard InChI is InChI=1S/C21H29N5O3S/c1-3-14(2)25-30(28,29)18-8-6-17(7-9-18)21(27)26-12-10-16(11-13-26)20-22-19(23-24-20)15-4-5-15/h6-9,14-16,25H,3-5,10-13H2,1-2H3,(H,22,23,24). The Kier molecular flexibility index (Phi) is 5.92. The lowest BCUT2D eigenvalue weighted by Gasteiger charge is -2.31. The molecular weight excluding hydrogens is 402 g/mol. The molecule has 1 unspecified atom stereocenters. The molecule has 8 nitrogen and oxygen atoms in total. The van der Waals surface area contributed by atoms with Crippen molar-refractivity contribution in [3.8, 4) is 0 Å². The third-order valence-electron chi connectivity index (χ3n) is 6.01. The van der Waals surface area contributed by atoms with Gasteiger partial charge in [0.15, 0.2) is 5.82 Å². The molecule has 2 aliphatic rings. The van der Waals surface area contributed by atoms with Crippen molar-refractivity contribution in [1.82, 2.24) is 24.8 Å². The molecule has 1 saturated carbocycles. The van der Waals surface area contributed by atoms with E-state index in [0.717, 1.165) is 24.5 Å². The van der Waals surface area contributed by atoms with Crippen molar-refractivity contribution in [2.24, 2.45) is 0 Å². The van der Waals surface area contributed by atoms with Crippen LogP contribution in [0.25, 0.3) is 0 Å². The summed E-state index contributed by atoms with van der Waals surface area (Å²) < 4.78 is 27.4. The average molecular weight is 432 g/mol. The summed E-state index contributed by atoms with van der Waals surface area (Å²) in [4.78, 5) is 19.5. The summed E-state index contributed by atoms with van der Waals surface area (Å²) in [6.07, 6.45) is 4.75. The molecule has 2 aromatic rings. The van der Waals surface area contributed by atoms with Gasteiger partial charge in [-0.25, -0.2) is 18.1 Å². The second-order valence-corrected chi connectivity index (χ2v) is 10.1. The van der Waals surface area contributed by atoms with Gasteiger partial charge in [0, 0.05) is 36.5 Å². The molecule has 1 aromatic heterocycles. The number of sulfonamides is 1. The predicted molar refractivity (Wildman–Crippen MR) is 113 cm³/mol. The van der Waals surface area contributed by atoms with Crippen LogP contribution >= 0.6 is 0 Å². The number of carbonyl (C=O) groups excluding carboxylic acids is 1. The van der Waals surface area contributed by atoms with E-state index in [-0.39, 0.29) is 16.8 Å². The second kappa shape index (κ2) is 8.47. The molecule has 1 aromatic carbocycles. The number of aromatic amines is 1. The molecule has 9 heteroatoms. The second-order valence-electron chi connectivity index (χ2n) is 8.37. The van der Waals surface area contributed by atoms with E-state index in [4.69, 9.17) is 0 Å². The van der Waals surface area contributed by atoms with Crippen LogP contribution < -0.4 is 4.72 Å². The van der Waals surface area contributed by atoms with Gasteiger partial charge in [-0.1, -0.05) is 6.92 Å². The van der Waals surface area contributed by atoms with Crippen molar-refractivity contribution < 1.29 is 13.2 Å². The average Bonchev–Trinajstić information content (AvgIpc) is 3.49. The van der Waals surface area contributed by atoms with Crippen LogP contribution in [0.4, 0.5) is 0 Å². The number of H-pyrrole nitrogens is 1. The molecule has 1 saturated heterocycles. The number of hydrogen-bond donors (Lipinski definition) is 2. The third-order valence-corrected chi connectivity index (χ3v) is 7.62. The van der Waals surface area contributed by atoms with E-state index >= 15 is 0 Å². The van der Waals surface area contributed by atoms with Crippen LogP contribution in [0.3, 0.4) is 0 Å². The zero-order valence-electron chi connectivity index (χ0n) is 17.5. The highest BCUT2D eigenvalue weighted by molar-refractivity contribution is 7.89. The van der Waals surface area contributed by atoms with Gasteiger partial charge in [-0.2, -0.15) is 5.10 Å². The van der Waals surface area contributed by atoms with Crippen LogP contribution in [0.1, 0.15) is 79.8 Å². The number of benzene rings is 1. The molecule has 1 aliphatic heterocycles. The fraction of sp³-hybridized carbons (Fsp3) is 0.571. The fourth-order valence-corrected chi connectivity index (χ4v) is 5.05. The normalized spacial score (nSPS) is 19.1. The SMILES string of the molecule is CCC(C)NS(=O)(=O)c1ccc(C(=O)N2CCC(c3nc(C4CC4)n[nH]3)CC2)cc1. The number of nitrogens with one attached hydrogen (secondary N) is 2. The van der Waals surface area contributed by atoms with E-state index in [1.165, 1.54) is 25.0 Å². The highest BCUT2D eigenvalue weighted by Crippen LogP contribution is 2.38. The molecule has 0 spiro atoms. The van der Waals surface area contributed by atoms with Gasteiger partial charge in [0.05, 0.1) is 4.90 Å². The largest absolute Gasteiger partial charge is 0.339 e. The number of amides is 1.